The summed E-state index contributed by atoms with van der Waals surface area (Å²) in [4.78, 5) is 6.68. The average Bonchev–Trinajstić information content (AvgIpc) is 3.01. The maximum atomic E-state index is 9.84. The van der Waals surface area contributed by atoms with E-state index < -0.39 is 0 Å². The quantitative estimate of drug-likeness (QED) is 0.880. The van der Waals surface area contributed by atoms with Gasteiger partial charge in [0, 0.05) is 31.4 Å². The normalized spacial score (nSPS) is 18.9. The predicted molar refractivity (Wildman–Crippen MR) is 80.9 cm³/mol. The number of nitrogens with one attached hydrogen (secondary N) is 1. The first-order chi connectivity index (χ1) is 10.3. The molecule has 2 N–H and O–H groups in total. The van der Waals surface area contributed by atoms with Crippen molar-refractivity contribution in [2.45, 2.75) is 32.0 Å². The number of nitrogens with zero attached hydrogens (tertiary/aromatic N) is 2. The van der Waals surface area contributed by atoms with E-state index in [1.54, 1.807) is 6.26 Å². The van der Waals surface area contributed by atoms with Crippen LogP contribution in [0.1, 0.15) is 24.2 Å². The van der Waals surface area contributed by atoms with Gasteiger partial charge in [-0.2, -0.15) is 0 Å². The molecule has 0 amide bonds. The minimum atomic E-state index is -0.246. The van der Waals surface area contributed by atoms with Crippen LogP contribution in [0.3, 0.4) is 0 Å². The number of rotatable bonds is 5. The summed E-state index contributed by atoms with van der Waals surface area (Å²) in [5, 5.41) is 13.2. The molecule has 0 spiro atoms. The van der Waals surface area contributed by atoms with Gasteiger partial charge in [0.25, 0.3) is 0 Å². The van der Waals surface area contributed by atoms with E-state index in [0.717, 1.165) is 43.1 Å². The summed E-state index contributed by atoms with van der Waals surface area (Å²) in [5.74, 6) is 1.90. The summed E-state index contributed by atoms with van der Waals surface area (Å²) < 4.78 is 5.31. The minimum absolute atomic E-state index is 0.246. The van der Waals surface area contributed by atoms with Crippen molar-refractivity contribution in [3.63, 3.8) is 0 Å². The maximum absolute atomic E-state index is 9.84. The molecule has 0 aliphatic carbocycles. The molecule has 0 bridgehead atoms. The van der Waals surface area contributed by atoms with Crippen LogP contribution in [-0.2, 0) is 13.1 Å². The summed E-state index contributed by atoms with van der Waals surface area (Å²) in [6.07, 6.45) is 5.14. The van der Waals surface area contributed by atoms with E-state index in [1.807, 2.05) is 24.4 Å². The fourth-order valence-electron chi connectivity index (χ4n) is 2.73. The molecule has 1 unspecified atom stereocenters. The zero-order chi connectivity index (χ0) is 14.5. The number of hydrogen-bond acceptors (Lipinski definition) is 5. The summed E-state index contributed by atoms with van der Waals surface area (Å²) in [6.45, 7) is 3.06. The van der Waals surface area contributed by atoms with Gasteiger partial charge in [0.05, 0.1) is 18.9 Å². The molecular formula is C16H21N3O2. The van der Waals surface area contributed by atoms with Crippen LogP contribution < -0.4 is 10.2 Å². The molecule has 1 fully saturated rings. The molecule has 112 valence electrons. The number of aliphatic hydroxyl groups is 1. The average molecular weight is 287 g/mol. The smallest absolute Gasteiger partial charge is 0.133 e. The Balaban J connectivity index is 1.64. The van der Waals surface area contributed by atoms with E-state index in [2.05, 4.69) is 21.3 Å². The van der Waals surface area contributed by atoms with Crippen LogP contribution in [0.15, 0.2) is 41.1 Å². The van der Waals surface area contributed by atoms with Gasteiger partial charge in [-0.15, -0.1) is 0 Å². The molecule has 2 aromatic heterocycles. The van der Waals surface area contributed by atoms with Crippen molar-refractivity contribution >= 4 is 5.82 Å². The van der Waals surface area contributed by atoms with Gasteiger partial charge in [0.1, 0.15) is 11.6 Å². The molecule has 3 heterocycles. The molecule has 3 rings (SSSR count). The zero-order valence-electron chi connectivity index (χ0n) is 12.0. The Labute approximate surface area is 124 Å². The molecule has 21 heavy (non-hydrogen) atoms. The highest BCUT2D eigenvalue weighted by Gasteiger charge is 2.20. The summed E-state index contributed by atoms with van der Waals surface area (Å²) in [7, 11) is 0. The second-order valence-electron chi connectivity index (χ2n) is 5.41. The Bertz CT molecular complexity index is 556. The lowest BCUT2D eigenvalue weighted by Gasteiger charge is -2.32. The molecule has 0 saturated carbocycles. The summed E-state index contributed by atoms with van der Waals surface area (Å²) in [6, 6.07) is 7.88. The van der Waals surface area contributed by atoms with Crippen LogP contribution in [0.5, 0.6) is 0 Å². The van der Waals surface area contributed by atoms with Crippen molar-refractivity contribution in [2.75, 3.05) is 18.0 Å². The third kappa shape index (κ3) is 3.62. The highest BCUT2D eigenvalue weighted by atomic mass is 16.3. The zero-order valence-corrected chi connectivity index (χ0v) is 12.0. The van der Waals surface area contributed by atoms with E-state index in [-0.39, 0.29) is 6.10 Å². The fraction of sp³-hybridized carbons (Fsp3) is 0.438. The number of aliphatic hydroxyl groups excluding tert-OH is 1. The van der Waals surface area contributed by atoms with Gasteiger partial charge < -0.3 is 19.7 Å². The maximum Gasteiger partial charge on any atom is 0.133 e. The Kier molecular flexibility index (Phi) is 4.52. The number of piperidine rings is 1. The van der Waals surface area contributed by atoms with Crippen LogP contribution in [-0.4, -0.2) is 29.3 Å². The highest BCUT2D eigenvalue weighted by Crippen LogP contribution is 2.21. The van der Waals surface area contributed by atoms with Crippen molar-refractivity contribution in [1.29, 1.82) is 0 Å². The number of furan rings is 1. The summed E-state index contributed by atoms with van der Waals surface area (Å²) >= 11 is 0. The van der Waals surface area contributed by atoms with Gasteiger partial charge in [-0.1, -0.05) is 6.07 Å². The molecule has 1 atom stereocenters. The lowest BCUT2D eigenvalue weighted by atomic mass is 10.1. The molecule has 0 aromatic carbocycles. The molecule has 2 aromatic rings. The SMILES string of the molecule is OC1CCCN(c2ncccc2CNCc2ccco2)C1. The third-order valence-electron chi connectivity index (χ3n) is 3.76. The van der Waals surface area contributed by atoms with E-state index in [9.17, 15) is 5.11 Å². The highest BCUT2D eigenvalue weighted by molar-refractivity contribution is 5.47. The molecule has 1 aliphatic heterocycles. The lowest BCUT2D eigenvalue weighted by Crippen LogP contribution is -2.39. The third-order valence-corrected chi connectivity index (χ3v) is 3.76. The first kappa shape index (κ1) is 14.1. The Morgan fingerprint density at radius 1 is 1.33 bits per heavy atom. The molecular weight excluding hydrogens is 266 g/mol. The van der Waals surface area contributed by atoms with Gasteiger partial charge in [0.2, 0.25) is 0 Å². The van der Waals surface area contributed by atoms with Crippen molar-refractivity contribution in [2.24, 2.45) is 0 Å². The van der Waals surface area contributed by atoms with Crippen LogP contribution in [0.2, 0.25) is 0 Å². The Morgan fingerprint density at radius 3 is 3.10 bits per heavy atom. The van der Waals surface area contributed by atoms with Crippen molar-refractivity contribution < 1.29 is 9.52 Å². The molecule has 1 aliphatic rings. The molecule has 1 saturated heterocycles. The van der Waals surface area contributed by atoms with Crippen molar-refractivity contribution in [1.82, 2.24) is 10.3 Å². The van der Waals surface area contributed by atoms with Crippen LogP contribution >= 0.6 is 0 Å². The number of β-amino-alcohol motifs (C(OH)–C–C–N with tert-alkyl or cyclic N) is 1. The predicted octanol–water partition coefficient (Wildman–Crippen LogP) is 1.93. The number of anilines is 1. The van der Waals surface area contributed by atoms with E-state index >= 15 is 0 Å². The second-order valence-corrected chi connectivity index (χ2v) is 5.41. The standard InChI is InChI=1S/C16H21N3O2/c20-14-5-2-8-19(12-14)16-13(4-1-7-18-16)10-17-11-15-6-3-9-21-15/h1,3-4,6-7,9,14,17,20H,2,5,8,10-12H2. The second kappa shape index (κ2) is 6.74. The van der Waals surface area contributed by atoms with Crippen LogP contribution in [0, 0.1) is 0 Å². The monoisotopic (exact) mass is 287 g/mol. The van der Waals surface area contributed by atoms with Crippen molar-refractivity contribution in [3.05, 3.63) is 48.0 Å². The number of aromatic nitrogens is 1. The first-order valence-corrected chi connectivity index (χ1v) is 7.43. The van der Waals surface area contributed by atoms with Crippen LogP contribution in [0.25, 0.3) is 0 Å². The van der Waals surface area contributed by atoms with Gasteiger partial charge >= 0.3 is 0 Å². The van der Waals surface area contributed by atoms with Crippen LogP contribution in [0.4, 0.5) is 5.82 Å². The molecule has 5 heteroatoms. The van der Waals surface area contributed by atoms with Gasteiger partial charge in [-0.3, -0.25) is 0 Å². The van der Waals surface area contributed by atoms with E-state index in [4.69, 9.17) is 4.42 Å². The topological polar surface area (TPSA) is 61.5 Å². The van der Waals surface area contributed by atoms with Crippen molar-refractivity contribution in [3.8, 4) is 0 Å². The molecule has 5 nitrogen and oxygen atoms in total. The summed E-state index contributed by atoms with van der Waals surface area (Å²) in [5.41, 5.74) is 1.15. The number of hydrogen-bond donors (Lipinski definition) is 2. The number of pyridine rings is 1. The Morgan fingerprint density at radius 2 is 2.29 bits per heavy atom. The van der Waals surface area contributed by atoms with Gasteiger partial charge in [-0.25, -0.2) is 4.98 Å². The molecule has 0 radical (unpaired) electrons. The largest absolute Gasteiger partial charge is 0.468 e. The van der Waals surface area contributed by atoms with Gasteiger partial charge in [0.15, 0.2) is 0 Å². The van der Waals surface area contributed by atoms with E-state index in [0.29, 0.717) is 13.1 Å². The Hall–Kier alpha value is -1.85. The lowest BCUT2D eigenvalue weighted by molar-refractivity contribution is 0.154. The van der Waals surface area contributed by atoms with Gasteiger partial charge in [-0.05, 0) is 31.0 Å². The fourth-order valence-corrected chi connectivity index (χ4v) is 2.73. The first-order valence-electron chi connectivity index (χ1n) is 7.43. The minimum Gasteiger partial charge on any atom is -0.468 e. The van der Waals surface area contributed by atoms with E-state index in [1.165, 1.54) is 0 Å².